The topological polar surface area (TPSA) is 111 Å². The van der Waals surface area contributed by atoms with Gasteiger partial charge in [0.15, 0.2) is 0 Å². The summed E-state index contributed by atoms with van der Waals surface area (Å²) in [4.78, 5) is 33.8. The Kier molecular flexibility index (Phi) is 3.24. The third-order valence-corrected chi connectivity index (χ3v) is 2.04. The normalized spacial score (nSPS) is 9.78. The number of hydrogen-bond acceptors (Lipinski definition) is 5. The second-order valence-corrected chi connectivity index (χ2v) is 3.33. The van der Waals surface area contributed by atoms with Gasteiger partial charge in [-0.2, -0.15) is 0 Å². The number of amides is 2. The number of nitrogens with two attached hydrogens (primary N) is 1. The minimum Gasteiger partial charge on any atom is -0.363 e. The van der Waals surface area contributed by atoms with Crippen LogP contribution in [0.4, 0.5) is 5.82 Å². The van der Waals surface area contributed by atoms with E-state index < -0.39 is 11.8 Å². The molecule has 18 heavy (non-hydrogen) atoms. The fourth-order valence-corrected chi connectivity index (χ4v) is 1.20. The number of primary amides is 1. The molecule has 0 aliphatic carbocycles. The van der Waals surface area contributed by atoms with Gasteiger partial charge >= 0.3 is 0 Å². The van der Waals surface area contributed by atoms with Crippen LogP contribution < -0.4 is 11.1 Å². The Bertz CT molecular complexity index is 568. The molecule has 0 bridgehead atoms. The van der Waals surface area contributed by atoms with Crippen molar-refractivity contribution in [2.75, 3.05) is 5.32 Å². The highest BCUT2D eigenvalue weighted by Gasteiger charge is 2.09. The van der Waals surface area contributed by atoms with Crippen molar-refractivity contribution in [2.24, 2.45) is 5.73 Å². The Labute approximate surface area is 102 Å². The second-order valence-electron chi connectivity index (χ2n) is 3.33. The third kappa shape index (κ3) is 2.64. The molecule has 2 amide bonds. The number of anilines is 1. The SMILES string of the molecule is NC(=O)c1ncc(C(=O)Nc2ccccn2)cn1. The second kappa shape index (κ2) is 5.00. The first-order valence-corrected chi connectivity index (χ1v) is 5.01. The molecule has 2 heterocycles. The maximum atomic E-state index is 11.7. The highest BCUT2D eigenvalue weighted by atomic mass is 16.2. The van der Waals surface area contributed by atoms with E-state index in [0.717, 1.165) is 0 Å². The molecule has 7 nitrogen and oxygen atoms in total. The molecule has 0 radical (unpaired) electrons. The molecule has 0 fully saturated rings. The van der Waals surface area contributed by atoms with Gasteiger partial charge in [0, 0.05) is 18.6 Å². The van der Waals surface area contributed by atoms with Crippen LogP contribution in [0.2, 0.25) is 0 Å². The van der Waals surface area contributed by atoms with Gasteiger partial charge in [-0.25, -0.2) is 15.0 Å². The van der Waals surface area contributed by atoms with Gasteiger partial charge in [0.25, 0.3) is 11.8 Å². The van der Waals surface area contributed by atoms with Gasteiger partial charge in [0.1, 0.15) is 5.82 Å². The van der Waals surface area contributed by atoms with Crippen LogP contribution in [0.15, 0.2) is 36.8 Å². The van der Waals surface area contributed by atoms with Crippen molar-refractivity contribution in [2.45, 2.75) is 0 Å². The van der Waals surface area contributed by atoms with E-state index in [-0.39, 0.29) is 11.4 Å². The molecule has 7 heteroatoms. The summed E-state index contributed by atoms with van der Waals surface area (Å²) >= 11 is 0. The Hall–Kier alpha value is -2.83. The minimum absolute atomic E-state index is 0.135. The van der Waals surface area contributed by atoms with Gasteiger partial charge < -0.3 is 11.1 Å². The molecule has 0 atom stereocenters. The molecule has 0 unspecified atom stereocenters. The van der Waals surface area contributed by atoms with E-state index in [9.17, 15) is 9.59 Å². The fourth-order valence-electron chi connectivity index (χ4n) is 1.20. The molecule has 2 aromatic rings. The van der Waals surface area contributed by atoms with Crippen molar-refractivity contribution in [1.82, 2.24) is 15.0 Å². The summed E-state index contributed by atoms with van der Waals surface area (Å²) in [5, 5.41) is 2.56. The highest BCUT2D eigenvalue weighted by molar-refractivity contribution is 6.03. The first kappa shape index (κ1) is 11.6. The maximum Gasteiger partial charge on any atom is 0.286 e. The van der Waals surface area contributed by atoms with Crippen LogP contribution in [0.1, 0.15) is 21.0 Å². The molecular formula is C11H9N5O2. The Morgan fingerprint density at radius 1 is 1.11 bits per heavy atom. The summed E-state index contributed by atoms with van der Waals surface area (Å²) in [6, 6.07) is 5.13. The van der Waals surface area contributed by atoms with E-state index in [1.165, 1.54) is 12.4 Å². The van der Waals surface area contributed by atoms with Crippen molar-refractivity contribution >= 4 is 17.6 Å². The summed E-state index contributed by atoms with van der Waals surface area (Å²) in [6.45, 7) is 0. The standard InChI is InChI=1S/C11H9N5O2/c12-9(17)10-14-5-7(6-15-10)11(18)16-8-3-1-2-4-13-8/h1-6H,(H2,12,17)(H,13,16,18). The molecule has 0 saturated carbocycles. The van der Waals surface area contributed by atoms with Gasteiger partial charge in [0.05, 0.1) is 5.56 Å². The summed E-state index contributed by atoms with van der Waals surface area (Å²) in [6.07, 6.45) is 4.01. The lowest BCUT2D eigenvalue weighted by molar-refractivity contribution is 0.0984. The molecule has 90 valence electrons. The maximum absolute atomic E-state index is 11.7. The van der Waals surface area contributed by atoms with Gasteiger partial charge in [-0.3, -0.25) is 9.59 Å². The first-order chi connectivity index (χ1) is 8.66. The van der Waals surface area contributed by atoms with Crippen LogP contribution in [-0.4, -0.2) is 26.8 Å². The molecule has 0 spiro atoms. The van der Waals surface area contributed by atoms with E-state index in [0.29, 0.717) is 5.82 Å². The number of nitrogens with one attached hydrogen (secondary N) is 1. The predicted octanol–water partition coefficient (Wildman–Crippen LogP) is 0.223. The number of rotatable bonds is 3. The van der Waals surface area contributed by atoms with E-state index in [1.807, 2.05) is 0 Å². The van der Waals surface area contributed by atoms with Crippen molar-refractivity contribution in [3.63, 3.8) is 0 Å². The van der Waals surface area contributed by atoms with E-state index in [1.54, 1.807) is 24.4 Å². The molecule has 0 saturated heterocycles. The summed E-state index contributed by atoms with van der Waals surface area (Å²) in [5.41, 5.74) is 5.20. The summed E-state index contributed by atoms with van der Waals surface area (Å²) < 4.78 is 0. The van der Waals surface area contributed by atoms with Gasteiger partial charge in [-0.1, -0.05) is 6.07 Å². The van der Waals surface area contributed by atoms with Crippen molar-refractivity contribution in [3.05, 3.63) is 48.2 Å². The Balaban J connectivity index is 2.12. The summed E-state index contributed by atoms with van der Waals surface area (Å²) in [5.74, 6) is -0.873. The van der Waals surface area contributed by atoms with Gasteiger partial charge in [-0.15, -0.1) is 0 Å². The zero-order valence-corrected chi connectivity index (χ0v) is 9.20. The van der Waals surface area contributed by atoms with Crippen LogP contribution in [-0.2, 0) is 0 Å². The van der Waals surface area contributed by atoms with Gasteiger partial charge in [0.2, 0.25) is 5.82 Å². The van der Waals surface area contributed by atoms with Crippen molar-refractivity contribution in [1.29, 1.82) is 0 Å². The van der Waals surface area contributed by atoms with Crippen LogP contribution in [0.3, 0.4) is 0 Å². The quantitative estimate of drug-likeness (QED) is 0.801. The van der Waals surface area contributed by atoms with Crippen LogP contribution in [0.5, 0.6) is 0 Å². The lowest BCUT2D eigenvalue weighted by Crippen LogP contribution is -2.18. The molecule has 3 N–H and O–H groups in total. The molecule has 0 aliphatic heterocycles. The largest absolute Gasteiger partial charge is 0.363 e. The van der Waals surface area contributed by atoms with Crippen LogP contribution >= 0.6 is 0 Å². The van der Waals surface area contributed by atoms with Crippen LogP contribution in [0.25, 0.3) is 0 Å². The lowest BCUT2D eigenvalue weighted by atomic mass is 10.3. The van der Waals surface area contributed by atoms with Gasteiger partial charge in [-0.05, 0) is 12.1 Å². The van der Waals surface area contributed by atoms with Crippen molar-refractivity contribution in [3.8, 4) is 0 Å². The molecular weight excluding hydrogens is 234 g/mol. The Morgan fingerprint density at radius 2 is 1.83 bits per heavy atom. The lowest BCUT2D eigenvalue weighted by Gasteiger charge is -2.03. The molecule has 0 aromatic carbocycles. The zero-order valence-electron chi connectivity index (χ0n) is 9.20. The fraction of sp³-hybridized carbons (Fsp3) is 0. The minimum atomic E-state index is -0.744. The van der Waals surface area contributed by atoms with Crippen molar-refractivity contribution < 1.29 is 9.59 Å². The number of carbonyl (C=O) groups is 2. The average molecular weight is 243 g/mol. The number of nitrogens with zero attached hydrogens (tertiary/aromatic N) is 3. The molecule has 2 aromatic heterocycles. The summed E-state index contributed by atoms with van der Waals surface area (Å²) in [7, 11) is 0. The van der Waals surface area contributed by atoms with E-state index >= 15 is 0 Å². The molecule has 0 aliphatic rings. The Morgan fingerprint density at radius 3 is 2.39 bits per heavy atom. The number of aromatic nitrogens is 3. The zero-order chi connectivity index (χ0) is 13.0. The smallest absolute Gasteiger partial charge is 0.286 e. The number of hydrogen-bond donors (Lipinski definition) is 2. The molecule has 2 rings (SSSR count). The highest BCUT2D eigenvalue weighted by Crippen LogP contribution is 2.04. The first-order valence-electron chi connectivity index (χ1n) is 5.01. The average Bonchev–Trinajstić information content (AvgIpc) is 2.40. The van der Waals surface area contributed by atoms with E-state index in [2.05, 4.69) is 20.3 Å². The number of pyridine rings is 1. The monoisotopic (exact) mass is 243 g/mol. The van der Waals surface area contributed by atoms with Crippen LogP contribution in [0, 0.1) is 0 Å². The van der Waals surface area contributed by atoms with E-state index in [4.69, 9.17) is 5.73 Å². The predicted molar refractivity (Wildman–Crippen MR) is 62.7 cm³/mol. The number of carbonyl (C=O) groups excluding carboxylic acids is 2. The third-order valence-electron chi connectivity index (χ3n) is 2.04.